The molecule has 0 radical (unpaired) electrons. The molecule has 4 nitrogen and oxygen atoms in total. The minimum Gasteiger partial charge on any atom is -0.481 e. The molecule has 0 aliphatic rings. The van der Waals surface area contributed by atoms with Crippen LogP contribution < -0.4 is 0 Å². The van der Waals surface area contributed by atoms with Crippen LogP contribution in [0, 0.1) is 0 Å². The largest absolute Gasteiger partial charge is 0.481 e. The van der Waals surface area contributed by atoms with E-state index in [1.54, 1.807) is 11.8 Å². The molecule has 0 aliphatic carbocycles. The third kappa shape index (κ3) is 9.80. The van der Waals surface area contributed by atoms with E-state index in [4.69, 9.17) is 5.11 Å². The second-order valence-corrected chi connectivity index (χ2v) is 8.29. The van der Waals surface area contributed by atoms with E-state index in [0.717, 1.165) is 54.1 Å². The highest BCUT2D eigenvalue weighted by Gasteiger charge is 2.18. The van der Waals surface area contributed by atoms with Crippen molar-refractivity contribution in [1.29, 1.82) is 0 Å². The van der Waals surface area contributed by atoms with Gasteiger partial charge in [0.25, 0.3) is 0 Å². The summed E-state index contributed by atoms with van der Waals surface area (Å²) in [5, 5.41) is 17.4. The summed E-state index contributed by atoms with van der Waals surface area (Å²) >= 11 is 3.23. The van der Waals surface area contributed by atoms with Crippen LogP contribution in [0.2, 0.25) is 0 Å². The lowest BCUT2D eigenvalue weighted by Crippen LogP contribution is -2.14. The quantitative estimate of drug-likeness (QED) is 0.323. The van der Waals surface area contributed by atoms with E-state index in [-0.39, 0.29) is 6.42 Å². The predicted octanol–water partition coefficient (Wildman–Crippen LogP) is 5.55. The molecule has 0 amide bonds. The van der Waals surface area contributed by atoms with Crippen LogP contribution >= 0.6 is 23.5 Å². The maximum Gasteiger partial charge on any atom is 0.316 e. The maximum atomic E-state index is 11.2. The van der Waals surface area contributed by atoms with Crippen molar-refractivity contribution < 1.29 is 19.8 Å². The van der Waals surface area contributed by atoms with E-state index >= 15 is 0 Å². The first kappa shape index (κ1) is 21.9. The molecule has 1 aromatic rings. The van der Waals surface area contributed by atoms with Crippen molar-refractivity contribution in [2.75, 3.05) is 5.75 Å². The van der Waals surface area contributed by atoms with Gasteiger partial charge in [-0.1, -0.05) is 44.7 Å². The van der Waals surface area contributed by atoms with Crippen LogP contribution in [0.5, 0.6) is 0 Å². The van der Waals surface area contributed by atoms with E-state index < -0.39 is 17.2 Å². The Balaban J connectivity index is 2.26. The van der Waals surface area contributed by atoms with Crippen molar-refractivity contribution in [3.8, 4) is 0 Å². The molecule has 0 spiro atoms. The number of aliphatic carboxylic acids is 2. The molecule has 1 rings (SSSR count). The fourth-order valence-electron chi connectivity index (χ4n) is 2.40. The summed E-state index contributed by atoms with van der Waals surface area (Å²) in [4.78, 5) is 23.9. The number of benzene rings is 1. The van der Waals surface area contributed by atoms with Crippen molar-refractivity contribution in [1.82, 2.24) is 0 Å². The van der Waals surface area contributed by atoms with E-state index in [9.17, 15) is 14.7 Å². The summed E-state index contributed by atoms with van der Waals surface area (Å²) in [6.45, 7) is 1.90. The Morgan fingerprint density at radius 2 is 1.56 bits per heavy atom. The summed E-state index contributed by atoms with van der Waals surface area (Å²) in [5.74, 6) is -0.437. The van der Waals surface area contributed by atoms with Crippen LogP contribution in [0.25, 0.3) is 0 Å². The average Bonchev–Trinajstić information content (AvgIpc) is 2.58. The SMILES string of the molecule is CCC(Sc1ccccc1SCCCCCCCCC(=O)O)C(=O)O. The zero-order valence-corrected chi connectivity index (χ0v) is 16.4. The number of hydrogen-bond acceptors (Lipinski definition) is 4. The highest BCUT2D eigenvalue weighted by atomic mass is 32.2. The third-order valence-electron chi connectivity index (χ3n) is 3.81. The molecule has 0 fully saturated rings. The molecule has 140 valence electrons. The van der Waals surface area contributed by atoms with Gasteiger partial charge in [-0.25, -0.2) is 0 Å². The van der Waals surface area contributed by atoms with Crippen molar-refractivity contribution in [3.05, 3.63) is 24.3 Å². The highest BCUT2D eigenvalue weighted by molar-refractivity contribution is 8.03. The molecular formula is C19H28O4S2. The van der Waals surface area contributed by atoms with Crippen LogP contribution in [0.4, 0.5) is 0 Å². The average molecular weight is 385 g/mol. The Kier molecular flexibility index (Phi) is 11.5. The third-order valence-corrected chi connectivity index (χ3v) is 6.53. The second kappa shape index (κ2) is 13.1. The van der Waals surface area contributed by atoms with E-state index in [0.29, 0.717) is 6.42 Å². The first-order valence-corrected chi connectivity index (χ1v) is 10.7. The molecule has 0 saturated carbocycles. The number of carboxylic acids is 2. The molecule has 0 heterocycles. The van der Waals surface area contributed by atoms with E-state index in [1.165, 1.54) is 11.8 Å². The van der Waals surface area contributed by atoms with Gasteiger partial charge in [-0.15, -0.1) is 23.5 Å². The van der Waals surface area contributed by atoms with Gasteiger partial charge in [0.15, 0.2) is 0 Å². The molecule has 1 atom stereocenters. The van der Waals surface area contributed by atoms with Gasteiger partial charge in [0.2, 0.25) is 0 Å². The van der Waals surface area contributed by atoms with Gasteiger partial charge in [-0.3, -0.25) is 9.59 Å². The summed E-state index contributed by atoms with van der Waals surface area (Å²) in [5.41, 5.74) is 0. The number of hydrogen-bond donors (Lipinski definition) is 2. The minimum absolute atomic E-state index is 0.277. The zero-order valence-electron chi connectivity index (χ0n) is 14.8. The standard InChI is InChI=1S/C19H28O4S2/c1-2-15(19(22)23)25-17-12-9-8-11-16(17)24-14-10-6-4-3-5-7-13-18(20)21/h8-9,11-12,15H,2-7,10,13-14H2,1H3,(H,20,21)(H,22,23). The molecular weight excluding hydrogens is 356 g/mol. The van der Waals surface area contributed by atoms with Gasteiger partial charge >= 0.3 is 11.9 Å². The molecule has 6 heteroatoms. The van der Waals surface area contributed by atoms with Crippen molar-refractivity contribution in [3.63, 3.8) is 0 Å². The second-order valence-electron chi connectivity index (χ2n) is 5.91. The smallest absolute Gasteiger partial charge is 0.316 e. The Labute approximate surface area is 158 Å². The number of carbonyl (C=O) groups is 2. The lowest BCUT2D eigenvalue weighted by molar-refractivity contribution is -0.137. The van der Waals surface area contributed by atoms with Gasteiger partial charge in [0.05, 0.1) is 0 Å². The van der Waals surface area contributed by atoms with E-state index in [2.05, 4.69) is 6.07 Å². The van der Waals surface area contributed by atoms with Crippen molar-refractivity contribution >= 4 is 35.5 Å². The van der Waals surface area contributed by atoms with Crippen LogP contribution in [-0.2, 0) is 9.59 Å². The minimum atomic E-state index is -0.754. The zero-order chi connectivity index (χ0) is 18.5. The molecule has 0 saturated heterocycles. The van der Waals surface area contributed by atoms with E-state index in [1.807, 2.05) is 25.1 Å². The van der Waals surface area contributed by atoms with Gasteiger partial charge in [0, 0.05) is 16.2 Å². The highest BCUT2D eigenvalue weighted by Crippen LogP contribution is 2.34. The topological polar surface area (TPSA) is 74.6 Å². The lowest BCUT2D eigenvalue weighted by Gasteiger charge is -2.13. The molecule has 2 N–H and O–H groups in total. The maximum absolute atomic E-state index is 11.2. The van der Waals surface area contributed by atoms with Crippen molar-refractivity contribution in [2.45, 2.75) is 73.3 Å². The summed E-state index contributed by atoms with van der Waals surface area (Å²) in [7, 11) is 0. The van der Waals surface area contributed by atoms with Crippen LogP contribution in [0.1, 0.15) is 58.3 Å². The Morgan fingerprint density at radius 3 is 2.16 bits per heavy atom. The number of rotatable bonds is 14. The fourth-order valence-corrected chi connectivity index (χ4v) is 4.59. The molecule has 1 aromatic carbocycles. The molecule has 0 bridgehead atoms. The van der Waals surface area contributed by atoms with Gasteiger partial charge in [-0.05, 0) is 37.1 Å². The van der Waals surface area contributed by atoms with Crippen LogP contribution in [-0.4, -0.2) is 33.2 Å². The van der Waals surface area contributed by atoms with Crippen LogP contribution in [0.3, 0.4) is 0 Å². The number of unbranched alkanes of at least 4 members (excludes halogenated alkanes) is 5. The summed E-state index contributed by atoms with van der Waals surface area (Å²) in [6.07, 6.45) is 7.18. The first-order chi connectivity index (χ1) is 12.0. The van der Waals surface area contributed by atoms with Gasteiger partial charge in [0.1, 0.15) is 5.25 Å². The molecule has 0 aromatic heterocycles. The van der Waals surface area contributed by atoms with Gasteiger partial charge in [-0.2, -0.15) is 0 Å². The lowest BCUT2D eigenvalue weighted by atomic mass is 10.1. The predicted molar refractivity (Wildman–Crippen MR) is 105 cm³/mol. The van der Waals surface area contributed by atoms with Crippen LogP contribution in [0.15, 0.2) is 34.1 Å². The first-order valence-electron chi connectivity index (χ1n) is 8.87. The Hall–Kier alpha value is -1.14. The normalized spacial score (nSPS) is 12.0. The molecule has 0 aliphatic heterocycles. The fraction of sp³-hybridized carbons (Fsp3) is 0.579. The number of thioether (sulfide) groups is 2. The molecule has 25 heavy (non-hydrogen) atoms. The molecule has 1 unspecified atom stereocenters. The van der Waals surface area contributed by atoms with Gasteiger partial charge < -0.3 is 10.2 Å². The summed E-state index contributed by atoms with van der Waals surface area (Å²) in [6, 6.07) is 8.02. The summed E-state index contributed by atoms with van der Waals surface area (Å²) < 4.78 is 0. The number of carboxylic acid groups (broad SMARTS) is 2. The Bertz CT molecular complexity index is 534. The van der Waals surface area contributed by atoms with Crippen molar-refractivity contribution in [2.24, 2.45) is 0 Å². The Morgan fingerprint density at radius 1 is 0.960 bits per heavy atom. The monoisotopic (exact) mass is 384 g/mol.